The number of rotatable bonds is 6. The van der Waals surface area contributed by atoms with Gasteiger partial charge in [0.15, 0.2) is 11.4 Å². The fourth-order valence-corrected chi connectivity index (χ4v) is 2.29. The van der Waals surface area contributed by atoms with Crippen molar-refractivity contribution in [2.75, 3.05) is 6.61 Å². The molecule has 0 bridgehead atoms. The Labute approximate surface area is 135 Å². The minimum atomic E-state index is -0.971. The number of benzene rings is 1. The molecule has 0 aromatic heterocycles. The van der Waals surface area contributed by atoms with Crippen molar-refractivity contribution in [2.24, 2.45) is 0 Å². The number of carboxylic acids is 1. The third-order valence-electron chi connectivity index (χ3n) is 3.98. The van der Waals surface area contributed by atoms with Crippen molar-refractivity contribution < 1.29 is 24.2 Å². The zero-order valence-corrected chi connectivity index (χ0v) is 13.5. The van der Waals surface area contributed by atoms with E-state index < -0.39 is 11.6 Å². The van der Waals surface area contributed by atoms with Gasteiger partial charge in [0.25, 0.3) is 0 Å². The van der Waals surface area contributed by atoms with Crippen LogP contribution in [0.5, 0.6) is 0 Å². The number of aliphatic carboxylic acids is 1. The van der Waals surface area contributed by atoms with Crippen LogP contribution >= 0.6 is 0 Å². The van der Waals surface area contributed by atoms with E-state index in [1.54, 1.807) is 6.92 Å². The summed E-state index contributed by atoms with van der Waals surface area (Å²) in [5, 5.41) is 9.01. The largest absolute Gasteiger partial charge is 0.479 e. The third kappa shape index (κ3) is 4.27. The van der Waals surface area contributed by atoms with Gasteiger partial charge < -0.3 is 14.6 Å². The summed E-state index contributed by atoms with van der Waals surface area (Å²) >= 11 is 0. The lowest BCUT2D eigenvalue weighted by Gasteiger charge is -2.02. The van der Waals surface area contributed by atoms with Crippen LogP contribution < -0.4 is 0 Å². The second kappa shape index (κ2) is 7.06. The van der Waals surface area contributed by atoms with Crippen molar-refractivity contribution in [1.29, 1.82) is 0 Å². The molecule has 2 aliphatic rings. The van der Waals surface area contributed by atoms with Crippen molar-refractivity contribution in [3.63, 3.8) is 0 Å². The van der Waals surface area contributed by atoms with Crippen LogP contribution in [-0.4, -0.2) is 35.2 Å². The van der Waals surface area contributed by atoms with Gasteiger partial charge in [0.05, 0.1) is 12.7 Å². The summed E-state index contributed by atoms with van der Waals surface area (Å²) in [6.45, 7) is 7.84. The fraction of sp³-hybridized carbons (Fsp3) is 0.444. The van der Waals surface area contributed by atoms with E-state index in [-0.39, 0.29) is 18.0 Å². The molecule has 1 N–H and O–H groups in total. The average Bonchev–Trinajstić information content (AvgIpc) is 3.43. The molecular weight excluding hydrogens is 296 g/mol. The smallest absolute Gasteiger partial charge is 0.339 e. The molecule has 2 heterocycles. The molecule has 0 aliphatic carbocycles. The molecule has 23 heavy (non-hydrogen) atoms. The lowest BCUT2D eigenvalue weighted by molar-refractivity contribution is -0.143. The van der Waals surface area contributed by atoms with Crippen molar-refractivity contribution in [3.8, 4) is 0 Å². The molecule has 3 atom stereocenters. The summed E-state index contributed by atoms with van der Waals surface area (Å²) in [6.07, 6.45) is 0.956. The van der Waals surface area contributed by atoms with Crippen molar-refractivity contribution >= 4 is 11.8 Å². The number of hydrogen-bond acceptors (Lipinski definition) is 4. The quantitative estimate of drug-likeness (QED) is 0.644. The normalized spacial score (nSPS) is 27.4. The maximum Gasteiger partial charge on any atom is 0.339 e. The molecular formula is C18H22O5. The number of ether oxygens (including phenoxy) is 2. The monoisotopic (exact) mass is 318 g/mol. The van der Waals surface area contributed by atoms with Gasteiger partial charge in [0.2, 0.25) is 0 Å². The third-order valence-corrected chi connectivity index (χ3v) is 3.98. The summed E-state index contributed by atoms with van der Waals surface area (Å²) in [6, 6.07) is 9.47. The van der Waals surface area contributed by atoms with Crippen LogP contribution in [0.15, 0.2) is 42.5 Å². The topological polar surface area (TPSA) is 79.4 Å². The van der Waals surface area contributed by atoms with Gasteiger partial charge >= 0.3 is 5.97 Å². The number of Topliss-reactive ketones (excluding diaryl/α,β-unsaturated/α-hetero) is 1. The van der Waals surface area contributed by atoms with Crippen LogP contribution in [0.1, 0.15) is 38.4 Å². The first kappa shape index (κ1) is 17.4. The van der Waals surface area contributed by atoms with E-state index in [2.05, 4.69) is 6.58 Å². The van der Waals surface area contributed by atoms with Gasteiger partial charge in [0, 0.05) is 6.42 Å². The highest BCUT2D eigenvalue weighted by molar-refractivity contribution is 5.94. The Hall–Kier alpha value is -1.98. The van der Waals surface area contributed by atoms with Gasteiger partial charge in [-0.1, -0.05) is 43.8 Å². The molecule has 3 unspecified atom stereocenters. The van der Waals surface area contributed by atoms with E-state index in [9.17, 15) is 9.59 Å². The van der Waals surface area contributed by atoms with Gasteiger partial charge in [-0.2, -0.15) is 0 Å². The second-order valence-electron chi connectivity index (χ2n) is 5.82. The molecule has 0 amide bonds. The molecule has 124 valence electrons. The number of carbonyl (C=O) groups excluding carboxylic acids is 1. The minimum Gasteiger partial charge on any atom is -0.479 e. The Morgan fingerprint density at radius 3 is 2.35 bits per heavy atom. The highest BCUT2D eigenvalue weighted by Crippen LogP contribution is 2.51. The summed E-state index contributed by atoms with van der Waals surface area (Å²) < 4.78 is 10.2. The van der Waals surface area contributed by atoms with Crippen LogP contribution in [0.25, 0.3) is 0 Å². The SMILES string of the molecule is C=C(C)C(=O)CC1CO1.CCC1(C(=O)O)OC1c1ccccc1. The minimum absolute atomic E-state index is 0.123. The lowest BCUT2D eigenvalue weighted by atomic mass is 9.97. The van der Waals surface area contributed by atoms with Crippen LogP contribution in [0.4, 0.5) is 0 Å². The molecule has 3 rings (SSSR count). The molecule has 2 fully saturated rings. The van der Waals surface area contributed by atoms with Gasteiger partial charge in [-0.15, -0.1) is 0 Å². The van der Waals surface area contributed by atoms with Crippen molar-refractivity contribution in [2.45, 2.75) is 44.5 Å². The van der Waals surface area contributed by atoms with Gasteiger partial charge in [-0.3, -0.25) is 4.79 Å². The highest BCUT2D eigenvalue weighted by Gasteiger charge is 2.62. The Kier molecular flexibility index (Phi) is 5.34. The van der Waals surface area contributed by atoms with Crippen LogP contribution in [-0.2, 0) is 19.1 Å². The Balaban J connectivity index is 0.000000185. The molecule has 0 saturated carbocycles. The number of hydrogen-bond donors (Lipinski definition) is 1. The van der Waals surface area contributed by atoms with Gasteiger partial charge in [-0.25, -0.2) is 4.79 Å². The number of carbonyl (C=O) groups is 2. The lowest BCUT2D eigenvalue weighted by Crippen LogP contribution is -2.23. The summed E-state index contributed by atoms with van der Waals surface area (Å²) in [4.78, 5) is 21.8. The van der Waals surface area contributed by atoms with E-state index >= 15 is 0 Å². The van der Waals surface area contributed by atoms with Crippen molar-refractivity contribution in [3.05, 3.63) is 48.0 Å². The zero-order chi connectivity index (χ0) is 17.0. The maximum absolute atomic E-state index is 11.0. The molecule has 0 spiro atoms. The summed E-state index contributed by atoms with van der Waals surface area (Å²) in [5.74, 6) is -0.744. The predicted octanol–water partition coefficient (Wildman–Crippen LogP) is 2.91. The van der Waals surface area contributed by atoms with E-state index in [1.165, 1.54) is 0 Å². The summed E-state index contributed by atoms with van der Waals surface area (Å²) in [7, 11) is 0. The predicted molar refractivity (Wildman–Crippen MR) is 85.1 cm³/mol. The van der Waals surface area contributed by atoms with E-state index in [0.717, 1.165) is 12.2 Å². The fourth-order valence-electron chi connectivity index (χ4n) is 2.29. The number of epoxide rings is 2. The number of allylic oxidation sites excluding steroid dienone is 1. The van der Waals surface area contributed by atoms with Crippen LogP contribution in [0, 0.1) is 0 Å². The molecule has 2 aliphatic heterocycles. The van der Waals surface area contributed by atoms with Crippen LogP contribution in [0.3, 0.4) is 0 Å². The Bertz CT molecular complexity index is 591. The molecule has 1 aromatic carbocycles. The number of carboxylic acid groups (broad SMARTS) is 1. The highest BCUT2D eigenvalue weighted by atomic mass is 16.6. The van der Waals surface area contributed by atoms with E-state index in [4.69, 9.17) is 14.6 Å². The summed E-state index contributed by atoms with van der Waals surface area (Å²) in [5.41, 5.74) is 0.601. The first-order valence-electron chi connectivity index (χ1n) is 7.67. The van der Waals surface area contributed by atoms with E-state index in [1.807, 2.05) is 37.3 Å². The maximum atomic E-state index is 11.0. The Morgan fingerprint density at radius 2 is 1.96 bits per heavy atom. The van der Waals surface area contributed by atoms with Gasteiger partial charge in [0.1, 0.15) is 6.10 Å². The number of ketones is 1. The molecule has 2 saturated heterocycles. The molecule has 1 aromatic rings. The van der Waals surface area contributed by atoms with E-state index in [0.29, 0.717) is 18.4 Å². The van der Waals surface area contributed by atoms with Crippen molar-refractivity contribution in [1.82, 2.24) is 0 Å². The van der Waals surface area contributed by atoms with Crippen LogP contribution in [0.2, 0.25) is 0 Å². The standard InChI is InChI=1S/C11H12O3.C7H10O2/c1-2-11(10(12)13)9(14-11)8-6-4-3-5-7-8;1-5(2)7(8)3-6-4-9-6/h3-7,9H,2H2,1H3,(H,12,13);6H,1,3-4H2,2H3. The first-order chi connectivity index (χ1) is 10.9. The molecule has 5 nitrogen and oxygen atoms in total. The van der Waals surface area contributed by atoms with Gasteiger partial charge in [-0.05, 0) is 24.5 Å². The molecule has 0 radical (unpaired) electrons. The zero-order valence-electron chi connectivity index (χ0n) is 13.5. The second-order valence-corrected chi connectivity index (χ2v) is 5.82. The first-order valence-corrected chi connectivity index (χ1v) is 7.67. The Morgan fingerprint density at radius 1 is 1.35 bits per heavy atom. The molecule has 5 heteroatoms. The average molecular weight is 318 g/mol.